The van der Waals surface area contributed by atoms with Crippen molar-refractivity contribution in [2.75, 3.05) is 18.9 Å². The van der Waals surface area contributed by atoms with E-state index in [2.05, 4.69) is 6.92 Å². The minimum absolute atomic E-state index is 0.0190. The zero-order valence-corrected chi connectivity index (χ0v) is 9.30. The van der Waals surface area contributed by atoms with Crippen LogP contribution in [0.2, 0.25) is 0 Å². The molecule has 0 aromatic carbocycles. The van der Waals surface area contributed by atoms with Gasteiger partial charge in [-0.05, 0) is 18.8 Å². The summed E-state index contributed by atoms with van der Waals surface area (Å²) in [5, 5.41) is 8.92. The van der Waals surface area contributed by atoms with Crippen LogP contribution in [0.1, 0.15) is 26.7 Å². The average Bonchev–Trinajstić information content (AvgIpc) is 2.43. The second-order valence-corrected chi connectivity index (χ2v) is 6.59. The van der Waals surface area contributed by atoms with Crippen molar-refractivity contribution in [3.63, 3.8) is 0 Å². The van der Waals surface area contributed by atoms with Gasteiger partial charge in [0.05, 0.1) is 12.7 Å². The molecule has 13 heavy (non-hydrogen) atoms. The molecule has 0 radical (unpaired) electrons. The Morgan fingerprint density at radius 2 is 2.38 bits per heavy atom. The Bertz CT molecular complexity index is 201. The molecule has 0 aliphatic carbocycles. The molecule has 1 aliphatic heterocycles. The maximum atomic E-state index is 12.0. The summed E-state index contributed by atoms with van der Waals surface area (Å²) in [7, 11) is -2.38. The highest BCUT2D eigenvalue weighted by atomic mass is 31.2. The molecule has 1 saturated heterocycles. The van der Waals surface area contributed by atoms with E-state index in [1.54, 1.807) is 0 Å². The highest BCUT2D eigenvalue weighted by molar-refractivity contribution is 7.59. The second-order valence-electron chi connectivity index (χ2n) is 3.93. The van der Waals surface area contributed by atoms with E-state index in [4.69, 9.17) is 9.63 Å². The van der Waals surface area contributed by atoms with E-state index in [1.807, 2.05) is 6.92 Å². The fourth-order valence-electron chi connectivity index (χ4n) is 1.68. The Morgan fingerprint density at radius 3 is 2.77 bits per heavy atom. The fourth-order valence-corrected chi connectivity index (χ4v) is 4.78. The smallest absolute Gasteiger partial charge is 0.203 e. The van der Waals surface area contributed by atoms with Crippen LogP contribution < -0.4 is 0 Å². The topological polar surface area (TPSA) is 46.5 Å². The molecule has 0 saturated carbocycles. The molecule has 0 aromatic heterocycles. The van der Waals surface area contributed by atoms with Crippen LogP contribution in [0.25, 0.3) is 0 Å². The number of aliphatic hydroxyl groups is 1. The minimum Gasteiger partial charge on any atom is -0.394 e. The summed E-state index contributed by atoms with van der Waals surface area (Å²) >= 11 is 0. The van der Waals surface area contributed by atoms with Crippen LogP contribution in [0.5, 0.6) is 0 Å². The Labute approximate surface area is 79.9 Å². The van der Waals surface area contributed by atoms with Gasteiger partial charge in [0.1, 0.15) is 0 Å². The van der Waals surface area contributed by atoms with Crippen LogP contribution in [0.15, 0.2) is 0 Å². The van der Waals surface area contributed by atoms with Crippen LogP contribution >= 0.6 is 7.37 Å². The molecule has 3 unspecified atom stereocenters. The molecule has 0 amide bonds. The Hall–Kier alpha value is 0.150. The van der Waals surface area contributed by atoms with Crippen LogP contribution in [-0.4, -0.2) is 30.1 Å². The van der Waals surface area contributed by atoms with Gasteiger partial charge >= 0.3 is 0 Å². The highest BCUT2D eigenvalue weighted by Crippen LogP contribution is 2.56. The monoisotopic (exact) mass is 206 g/mol. The summed E-state index contributed by atoms with van der Waals surface area (Å²) in [6.07, 6.45) is 2.90. The summed E-state index contributed by atoms with van der Waals surface area (Å²) in [4.78, 5) is 0. The fraction of sp³-hybridized carbons (Fsp3) is 1.00. The van der Waals surface area contributed by atoms with Crippen molar-refractivity contribution in [2.45, 2.75) is 32.8 Å². The molecule has 1 aliphatic rings. The molecule has 1 heterocycles. The number of hydrogen-bond donors (Lipinski definition) is 1. The predicted octanol–water partition coefficient (Wildman–Crippen LogP) is 2.09. The lowest BCUT2D eigenvalue weighted by Crippen LogP contribution is -2.15. The van der Waals surface area contributed by atoms with E-state index in [1.165, 1.54) is 0 Å². The largest absolute Gasteiger partial charge is 0.394 e. The molecular weight excluding hydrogens is 187 g/mol. The maximum absolute atomic E-state index is 12.0. The van der Waals surface area contributed by atoms with E-state index >= 15 is 0 Å². The molecule has 3 nitrogen and oxygen atoms in total. The summed E-state index contributed by atoms with van der Waals surface area (Å²) in [6, 6.07) is 0. The summed E-state index contributed by atoms with van der Waals surface area (Å²) in [5.74, 6) is 0.516. The molecule has 1 rings (SSSR count). The van der Waals surface area contributed by atoms with Crippen LogP contribution in [0.3, 0.4) is 0 Å². The van der Waals surface area contributed by atoms with Gasteiger partial charge in [0.2, 0.25) is 7.37 Å². The summed E-state index contributed by atoms with van der Waals surface area (Å²) < 4.78 is 17.5. The van der Waals surface area contributed by atoms with Crippen molar-refractivity contribution in [3.8, 4) is 0 Å². The van der Waals surface area contributed by atoms with Gasteiger partial charge in [-0.15, -0.1) is 0 Å². The quantitative estimate of drug-likeness (QED) is 0.716. The minimum atomic E-state index is -2.38. The highest BCUT2D eigenvalue weighted by Gasteiger charge is 2.34. The van der Waals surface area contributed by atoms with Crippen molar-refractivity contribution in [3.05, 3.63) is 0 Å². The van der Waals surface area contributed by atoms with Crippen molar-refractivity contribution in [2.24, 2.45) is 5.92 Å². The lowest BCUT2D eigenvalue weighted by molar-refractivity contribution is 0.115. The average molecular weight is 206 g/mol. The first-order valence-corrected chi connectivity index (χ1v) is 6.96. The molecule has 0 spiro atoms. The Balaban J connectivity index is 2.47. The van der Waals surface area contributed by atoms with Gasteiger partial charge in [-0.3, -0.25) is 4.57 Å². The molecular formula is C9H19O3P. The Kier molecular flexibility index (Phi) is 3.96. The van der Waals surface area contributed by atoms with E-state index in [0.717, 1.165) is 12.8 Å². The van der Waals surface area contributed by atoms with Crippen LogP contribution in [0.4, 0.5) is 0 Å². The molecule has 3 atom stereocenters. The van der Waals surface area contributed by atoms with E-state index in [9.17, 15) is 4.57 Å². The summed E-state index contributed by atoms with van der Waals surface area (Å²) in [5.41, 5.74) is 0. The number of aliphatic hydroxyl groups excluding tert-OH is 1. The second kappa shape index (κ2) is 4.59. The summed E-state index contributed by atoms with van der Waals surface area (Å²) in [6.45, 7) is 4.02. The standard InChI is InChI=1S/C9H19O3P/c1-3-9(6-10)12-13(11)5-4-8(2)7-13/h8-10H,3-7H2,1-2H3. The van der Waals surface area contributed by atoms with Crippen molar-refractivity contribution >= 4 is 7.37 Å². The van der Waals surface area contributed by atoms with Gasteiger partial charge in [0, 0.05) is 12.3 Å². The maximum Gasteiger partial charge on any atom is 0.203 e. The zero-order valence-electron chi connectivity index (χ0n) is 8.40. The first kappa shape index (κ1) is 11.2. The van der Waals surface area contributed by atoms with Crippen molar-refractivity contribution in [1.29, 1.82) is 0 Å². The van der Waals surface area contributed by atoms with E-state index in [0.29, 0.717) is 18.2 Å². The van der Waals surface area contributed by atoms with E-state index in [-0.39, 0.29) is 12.7 Å². The Morgan fingerprint density at radius 1 is 1.69 bits per heavy atom. The van der Waals surface area contributed by atoms with E-state index < -0.39 is 7.37 Å². The molecule has 0 aromatic rings. The molecule has 78 valence electrons. The molecule has 1 N–H and O–H groups in total. The molecule has 1 fully saturated rings. The number of hydrogen-bond acceptors (Lipinski definition) is 3. The number of rotatable bonds is 4. The van der Waals surface area contributed by atoms with Gasteiger partial charge in [-0.1, -0.05) is 13.8 Å². The SMILES string of the molecule is CCC(CO)OP1(=O)CCC(C)C1. The lowest BCUT2D eigenvalue weighted by atomic mass is 10.2. The lowest BCUT2D eigenvalue weighted by Gasteiger charge is -2.19. The first-order valence-electron chi connectivity index (χ1n) is 4.97. The third kappa shape index (κ3) is 3.08. The van der Waals surface area contributed by atoms with Gasteiger partial charge in [-0.25, -0.2) is 0 Å². The zero-order chi connectivity index (χ0) is 9.90. The van der Waals surface area contributed by atoms with Crippen LogP contribution in [0, 0.1) is 5.92 Å². The normalized spacial score (nSPS) is 36.4. The molecule has 4 heteroatoms. The first-order chi connectivity index (χ1) is 6.09. The van der Waals surface area contributed by atoms with Gasteiger partial charge in [-0.2, -0.15) is 0 Å². The van der Waals surface area contributed by atoms with Crippen molar-refractivity contribution in [1.82, 2.24) is 0 Å². The van der Waals surface area contributed by atoms with Crippen molar-refractivity contribution < 1.29 is 14.2 Å². The van der Waals surface area contributed by atoms with Gasteiger partial charge in [0.25, 0.3) is 0 Å². The third-order valence-corrected chi connectivity index (χ3v) is 5.35. The van der Waals surface area contributed by atoms with Crippen LogP contribution in [-0.2, 0) is 9.09 Å². The van der Waals surface area contributed by atoms with Gasteiger partial charge < -0.3 is 9.63 Å². The van der Waals surface area contributed by atoms with Gasteiger partial charge in [0.15, 0.2) is 0 Å². The predicted molar refractivity (Wildman–Crippen MR) is 53.4 cm³/mol. The third-order valence-electron chi connectivity index (χ3n) is 2.55. The molecule has 0 bridgehead atoms.